The van der Waals surface area contributed by atoms with Crippen molar-refractivity contribution < 1.29 is 9.53 Å². The smallest absolute Gasteiger partial charge is 0.255 e. The summed E-state index contributed by atoms with van der Waals surface area (Å²) in [6.07, 6.45) is 3.30. The van der Waals surface area contributed by atoms with Crippen molar-refractivity contribution in [1.29, 1.82) is 0 Å². The maximum atomic E-state index is 12.2. The summed E-state index contributed by atoms with van der Waals surface area (Å²) in [5.74, 6) is 0.308. The van der Waals surface area contributed by atoms with Crippen molar-refractivity contribution in [2.24, 2.45) is 0 Å². The van der Waals surface area contributed by atoms with Gasteiger partial charge in [-0.1, -0.05) is 0 Å². The number of aryl methyl sites for hydroxylation is 1. The minimum absolute atomic E-state index is 0.194. The first-order valence-corrected chi connectivity index (χ1v) is 7.10. The lowest BCUT2D eigenvalue weighted by atomic mass is 10.2. The number of ether oxygens (including phenoxy) is 1. The molecule has 0 unspecified atom stereocenters. The van der Waals surface area contributed by atoms with Gasteiger partial charge < -0.3 is 10.1 Å². The van der Waals surface area contributed by atoms with E-state index < -0.39 is 0 Å². The number of nitrogens with one attached hydrogen (secondary N) is 1. The number of rotatable bonds is 4. The Morgan fingerprint density at radius 2 is 1.91 bits per heavy atom. The first-order chi connectivity index (χ1) is 11.2. The molecule has 0 aliphatic heterocycles. The lowest BCUT2D eigenvalue weighted by Crippen LogP contribution is -2.12. The number of hydrogen-bond donors (Lipinski definition) is 1. The second-order valence-electron chi connectivity index (χ2n) is 4.97. The van der Waals surface area contributed by atoms with Crippen LogP contribution in [0.5, 0.6) is 5.88 Å². The van der Waals surface area contributed by atoms with Crippen molar-refractivity contribution in [2.45, 2.75) is 6.92 Å². The third-order valence-corrected chi connectivity index (χ3v) is 3.41. The average molecular weight is 308 g/mol. The molecule has 1 aromatic carbocycles. The van der Waals surface area contributed by atoms with Crippen LogP contribution >= 0.6 is 0 Å². The molecule has 0 atom stereocenters. The number of anilines is 1. The second kappa shape index (κ2) is 6.31. The van der Waals surface area contributed by atoms with Crippen LogP contribution in [-0.4, -0.2) is 27.8 Å². The molecule has 0 aliphatic rings. The molecule has 3 rings (SSSR count). The number of carbonyl (C=O) groups is 1. The molecular formula is C17H16N4O2. The van der Waals surface area contributed by atoms with Crippen LogP contribution in [0, 0.1) is 6.92 Å². The van der Waals surface area contributed by atoms with Gasteiger partial charge in [0, 0.05) is 23.5 Å². The maximum absolute atomic E-state index is 12.2. The summed E-state index contributed by atoms with van der Waals surface area (Å²) in [5, 5.41) is 7.04. The molecule has 0 saturated carbocycles. The predicted molar refractivity (Wildman–Crippen MR) is 87.0 cm³/mol. The van der Waals surface area contributed by atoms with E-state index in [1.165, 1.54) is 0 Å². The number of aromatic nitrogens is 3. The van der Waals surface area contributed by atoms with Crippen LogP contribution in [0.25, 0.3) is 5.69 Å². The highest BCUT2D eigenvalue weighted by molar-refractivity contribution is 6.04. The van der Waals surface area contributed by atoms with E-state index in [0.29, 0.717) is 17.1 Å². The normalized spacial score (nSPS) is 10.3. The fourth-order valence-electron chi connectivity index (χ4n) is 2.17. The van der Waals surface area contributed by atoms with Crippen LogP contribution in [0.4, 0.5) is 5.69 Å². The van der Waals surface area contributed by atoms with Crippen molar-refractivity contribution in [3.8, 4) is 11.6 Å². The van der Waals surface area contributed by atoms with Crippen molar-refractivity contribution >= 4 is 11.6 Å². The molecular weight excluding hydrogens is 292 g/mol. The first kappa shape index (κ1) is 14.8. The highest BCUT2D eigenvalue weighted by Crippen LogP contribution is 2.14. The highest BCUT2D eigenvalue weighted by atomic mass is 16.5. The van der Waals surface area contributed by atoms with Gasteiger partial charge in [-0.3, -0.25) is 4.79 Å². The van der Waals surface area contributed by atoms with Crippen molar-refractivity contribution in [1.82, 2.24) is 14.8 Å². The molecule has 1 amide bonds. The Balaban J connectivity index is 1.73. The summed E-state index contributed by atoms with van der Waals surface area (Å²) in [7, 11) is 1.55. The zero-order chi connectivity index (χ0) is 16.2. The van der Waals surface area contributed by atoms with E-state index in [9.17, 15) is 4.79 Å². The summed E-state index contributed by atoms with van der Waals surface area (Å²) in [4.78, 5) is 16.3. The van der Waals surface area contributed by atoms with Gasteiger partial charge in [-0.05, 0) is 43.3 Å². The number of nitrogens with zero attached hydrogens (tertiary/aromatic N) is 3. The summed E-state index contributed by atoms with van der Waals surface area (Å²) in [6, 6.07) is 12.6. The number of pyridine rings is 1. The Bertz CT molecular complexity index is 807. The molecule has 2 aromatic heterocycles. The molecule has 0 spiro atoms. The Morgan fingerprint density at radius 3 is 2.48 bits per heavy atom. The van der Waals surface area contributed by atoms with Crippen molar-refractivity contribution in [3.05, 3.63) is 66.1 Å². The average Bonchev–Trinajstić information content (AvgIpc) is 3.02. The van der Waals surface area contributed by atoms with Gasteiger partial charge in [0.25, 0.3) is 5.91 Å². The van der Waals surface area contributed by atoms with E-state index in [1.54, 1.807) is 43.8 Å². The second-order valence-corrected chi connectivity index (χ2v) is 4.97. The van der Waals surface area contributed by atoms with Crippen LogP contribution in [0.2, 0.25) is 0 Å². The van der Waals surface area contributed by atoms with Crippen molar-refractivity contribution in [2.75, 3.05) is 12.4 Å². The summed E-state index contributed by atoms with van der Waals surface area (Å²) >= 11 is 0. The number of amides is 1. The molecule has 0 bridgehead atoms. The van der Waals surface area contributed by atoms with E-state index in [1.807, 2.05) is 29.8 Å². The van der Waals surface area contributed by atoms with Gasteiger partial charge in [0.15, 0.2) is 0 Å². The minimum atomic E-state index is -0.194. The summed E-state index contributed by atoms with van der Waals surface area (Å²) in [6.45, 7) is 1.98. The molecule has 3 aromatic rings. The fraction of sp³-hybridized carbons (Fsp3) is 0.118. The fourth-order valence-corrected chi connectivity index (χ4v) is 2.17. The molecule has 2 heterocycles. The zero-order valence-electron chi connectivity index (χ0n) is 12.9. The number of methoxy groups -OCH3 is 1. The number of benzene rings is 1. The third-order valence-electron chi connectivity index (χ3n) is 3.41. The molecule has 1 N–H and O–H groups in total. The summed E-state index contributed by atoms with van der Waals surface area (Å²) < 4.78 is 6.80. The molecule has 0 aliphatic carbocycles. The Morgan fingerprint density at radius 1 is 1.13 bits per heavy atom. The van der Waals surface area contributed by atoms with Gasteiger partial charge in [0.2, 0.25) is 5.88 Å². The summed E-state index contributed by atoms with van der Waals surface area (Å²) in [5.41, 5.74) is 3.12. The van der Waals surface area contributed by atoms with E-state index in [2.05, 4.69) is 15.4 Å². The van der Waals surface area contributed by atoms with Gasteiger partial charge in [-0.2, -0.15) is 5.10 Å². The Hall–Kier alpha value is -3.15. The first-order valence-electron chi connectivity index (χ1n) is 7.10. The van der Waals surface area contributed by atoms with Crippen LogP contribution < -0.4 is 10.1 Å². The van der Waals surface area contributed by atoms with E-state index in [0.717, 1.165) is 11.4 Å². The molecule has 0 fully saturated rings. The van der Waals surface area contributed by atoms with Crippen LogP contribution in [0.3, 0.4) is 0 Å². The van der Waals surface area contributed by atoms with Crippen LogP contribution in [0.1, 0.15) is 16.1 Å². The van der Waals surface area contributed by atoms with Gasteiger partial charge in [-0.25, -0.2) is 9.67 Å². The number of carbonyl (C=O) groups excluding carboxylic acids is 1. The third kappa shape index (κ3) is 3.21. The maximum Gasteiger partial charge on any atom is 0.255 e. The predicted octanol–water partition coefficient (Wildman–Crippen LogP) is 2.84. The van der Waals surface area contributed by atoms with Crippen molar-refractivity contribution in [3.63, 3.8) is 0 Å². The van der Waals surface area contributed by atoms with Gasteiger partial charge in [-0.15, -0.1) is 0 Å². The topological polar surface area (TPSA) is 69.0 Å². The molecule has 116 valence electrons. The molecule has 6 heteroatoms. The zero-order valence-corrected chi connectivity index (χ0v) is 12.9. The monoisotopic (exact) mass is 308 g/mol. The van der Waals surface area contributed by atoms with E-state index in [-0.39, 0.29) is 5.91 Å². The van der Waals surface area contributed by atoms with E-state index >= 15 is 0 Å². The highest BCUT2D eigenvalue weighted by Gasteiger charge is 2.08. The quantitative estimate of drug-likeness (QED) is 0.804. The molecule has 23 heavy (non-hydrogen) atoms. The van der Waals surface area contributed by atoms with Crippen LogP contribution in [-0.2, 0) is 0 Å². The van der Waals surface area contributed by atoms with Crippen LogP contribution in [0.15, 0.2) is 54.9 Å². The molecule has 0 radical (unpaired) electrons. The largest absolute Gasteiger partial charge is 0.481 e. The van der Waals surface area contributed by atoms with Gasteiger partial charge in [0.05, 0.1) is 24.7 Å². The molecule has 6 nitrogen and oxygen atoms in total. The Labute approximate surface area is 133 Å². The molecule has 0 saturated heterocycles. The SMILES string of the molecule is COc1ccc(NC(=O)c2ccc(-n3nccc3C)cc2)cn1. The standard InChI is InChI=1S/C17H16N4O2/c1-12-9-10-19-21(12)15-6-3-13(4-7-15)17(22)20-14-5-8-16(23-2)18-11-14/h3-11H,1-2H3,(H,20,22). The minimum Gasteiger partial charge on any atom is -0.481 e. The lowest BCUT2D eigenvalue weighted by Gasteiger charge is -2.07. The van der Waals surface area contributed by atoms with Gasteiger partial charge >= 0.3 is 0 Å². The number of hydrogen-bond acceptors (Lipinski definition) is 4. The van der Waals surface area contributed by atoms with E-state index in [4.69, 9.17) is 4.74 Å². The van der Waals surface area contributed by atoms with Gasteiger partial charge in [0.1, 0.15) is 0 Å². The Kier molecular flexibility index (Phi) is 4.05. The lowest BCUT2D eigenvalue weighted by molar-refractivity contribution is 0.102.